The van der Waals surface area contributed by atoms with Gasteiger partial charge < -0.3 is 15.1 Å². The zero-order valence-corrected chi connectivity index (χ0v) is 13.2. The molecule has 3 heterocycles. The third-order valence-corrected chi connectivity index (χ3v) is 4.57. The fraction of sp³-hybridized carbons (Fsp3) is 0.278. The SMILES string of the molecule is O=C1NCc2ccnc(N3CCN(C(=O)c4ccccc4)CC3)c21. The van der Waals surface area contributed by atoms with Crippen molar-refractivity contribution in [1.29, 1.82) is 0 Å². The highest BCUT2D eigenvalue weighted by Crippen LogP contribution is 2.26. The summed E-state index contributed by atoms with van der Waals surface area (Å²) in [5.74, 6) is 0.726. The molecule has 24 heavy (non-hydrogen) atoms. The predicted molar refractivity (Wildman–Crippen MR) is 90.0 cm³/mol. The van der Waals surface area contributed by atoms with Crippen LogP contribution in [0.5, 0.6) is 0 Å². The molecule has 6 nitrogen and oxygen atoms in total. The molecule has 1 fully saturated rings. The largest absolute Gasteiger partial charge is 0.352 e. The minimum atomic E-state index is -0.0594. The summed E-state index contributed by atoms with van der Waals surface area (Å²) in [7, 11) is 0. The van der Waals surface area contributed by atoms with E-state index in [2.05, 4.69) is 15.2 Å². The van der Waals surface area contributed by atoms with Gasteiger partial charge in [-0.2, -0.15) is 0 Å². The standard InChI is InChI=1S/C18H18N4O2/c23-17-15-14(12-20-17)6-7-19-16(15)21-8-10-22(11-9-21)18(24)13-4-2-1-3-5-13/h1-7H,8-12H2,(H,20,23). The maximum atomic E-state index is 12.5. The molecule has 0 spiro atoms. The fourth-order valence-corrected chi connectivity index (χ4v) is 3.27. The van der Waals surface area contributed by atoms with Gasteiger partial charge in [-0.05, 0) is 23.8 Å². The van der Waals surface area contributed by atoms with Gasteiger partial charge >= 0.3 is 0 Å². The minimum absolute atomic E-state index is 0.0549. The topological polar surface area (TPSA) is 65.5 Å². The van der Waals surface area contributed by atoms with E-state index in [0.717, 1.165) is 11.4 Å². The van der Waals surface area contributed by atoms with Crippen molar-refractivity contribution in [1.82, 2.24) is 15.2 Å². The first kappa shape index (κ1) is 14.7. The number of fused-ring (bicyclic) bond motifs is 1. The van der Waals surface area contributed by atoms with Crippen LogP contribution < -0.4 is 10.2 Å². The molecule has 0 unspecified atom stereocenters. The zero-order valence-electron chi connectivity index (χ0n) is 13.2. The van der Waals surface area contributed by atoms with E-state index in [4.69, 9.17) is 0 Å². The number of piperazine rings is 1. The van der Waals surface area contributed by atoms with Crippen LogP contribution in [0.3, 0.4) is 0 Å². The molecule has 0 aliphatic carbocycles. The van der Waals surface area contributed by atoms with Gasteiger partial charge in [0.15, 0.2) is 0 Å². The van der Waals surface area contributed by atoms with Gasteiger partial charge in [0.05, 0.1) is 5.56 Å². The summed E-state index contributed by atoms with van der Waals surface area (Å²) in [6, 6.07) is 11.2. The predicted octanol–water partition coefficient (Wildman–Crippen LogP) is 1.29. The van der Waals surface area contributed by atoms with Crippen LogP contribution in [0.2, 0.25) is 0 Å². The lowest BCUT2D eigenvalue weighted by Gasteiger charge is -2.36. The Hall–Kier alpha value is -2.89. The Morgan fingerprint density at radius 3 is 2.54 bits per heavy atom. The summed E-state index contributed by atoms with van der Waals surface area (Å²) in [4.78, 5) is 32.9. The Balaban J connectivity index is 1.49. The van der Waals surface area contributed by atoms with Crippen LogP contribution in [0.4, 0.5) is 5.82 Å². The van der Waals surface area contributed by atoms with Gasteiger partial charge in [0.2, 0.25) is 0 Å². The van der Waals surface area contributed by atoms with Gasteiger partial charge in [-0.3, -0.25) is 9.59 Å². The van der Waals surface area contributed by atoms with Gasteiger partial charge in [0.1, 0.15) is 5.82 Å². The molecule has 0 bridgehead atoms. The van der Waals surface area contributed by atoms with Crippen LogP contribution in [-0.2, 0) is 6.54 Å². The van der Waals surface area contributed by atoms with Crippen molar-refractivity contribution >= 4 is 17.6 Å². The van der Waals surface area contributed by atoms with Gasteiger partial charge in [-0.15, -0.1) is 0 Å². The number of carbonyl (C=O) groups excluding carboxylic acids is 2. The average molecular weight is 322 g/mol. The molecule has 122 valence electrons. The molecule has 6 heteroatoms. The molecule has 0 atom stereocenters. The highest BCUT2D eigenvalue weighted by Gasteiger charge is 2.29. The second-order valence-corrected chi connectivity index (χ2v) is 6.00. The molecule has 2 aromatic rings. The number of nitrogens with one attached hydrogen (secondary N) is 1. The molecule has 1 aromatic heterocycles. The van der Waals surface area contributed by atoms with E-state index in [0.29, 0.717) is 43.9 Å². The Kier molecular flexibility index (Phi) is 3.65. The summed E-state index contributed by atoms with van der Waals surface area (Å²) in [6.07, 6.45) is 1.75. The maximum Gasteiger partial charge on any atom is 0.255 e. The van der Waals surface area contributed by atoms with Gasteiger partial charge in [-0.1, -0.05) is 18.2 Å². The van der Waals surface area contributed by atoms with Crippen molar-refractivity contribution < 1.29 is 9.59 Å². The number of nitrogens with zero attached hydrogens (tertiary/aromatic N) is 3. The third-order valence-electron chi connectivity index (χ3n) is 4.57. The van der Waals surface area contributed by atoms with Gasteiger partial charge in [-0.25, -0.2) is 4.98 Å². The van der Waals surface area contributed by atoms with E-state index in [-0.39, 0.29) is 11.8 Å². The number of aromatic nitrogens is 1. The molecule has 2 aliphatic heterocycles. The highest BCUT2D eigenvalue weighted by molar-refractivity contribution is 6.02. The first-order valence-electron chi connectivity index (χ1n) is 8.09. The molecular formula is C18H18N4O2. The fourth-order valence-electron chi connectivity index (χ4n) is 3.27. The zero-order chi connectivity index (χ0) is 16.5. The normalized spacial score (nSPS) is 16.8. The third kappa shape index (κ3) is 2.50. The van der Waals surface area contributed by atoms with E-state index in [1.165, 1.54) is 0 Å². The van der Waals surface area contributed by atoms with Crippen LogP contribution in [0, 0.1) is 0 Å². The van der Waals surface area contributed by atoms with Crippen molar-refractivity contribution in [3.63, 3.8) is 0 Å². The van der Waals surface area contributed by atoms with E-state index in [1.54, 1.807) is 6.20 Å². The number of rotatable bonds is 2. The monoisotopic (exact) mass is 322 g/mol. The molecule has 1 aromatic carbocycles. The quantitative estimate of drug-likeness (QED) is 0.905. The van der Waals surface area contributed by atoms with Gasteiger partial charge in [0.25, 0.3) is 11.8 Å². The van der Waals surface area contributed by atoms with E-state index in [1.807, 2.05) is 41.3 Å². The maximum absolute atomic E-state index is 12.5. The Morgan fingerprint density at radius 2 is 1.79 bits per heavy atom. The molecule has 4 rings (SSSR count). The highest BCUT2D eigenvalue weighted by atomic mass is 16.2. The van der Waals surface area contributed by atoms with E-state index >= 15 is 0 Å². The summed E-state index contributed by atoms with van der Waals surface area (Å²) in [6.45, 7) is 3.17. The van der Waals surface area contributed by atoms with Gasteiger partial charge in [0, 0.05) is 44.5 Å². The minimum Gasteiger partial charge on any atom is -0.352 e. The molecule has 0 saturated carbocycles. The van der Waals surface area contributed by atoms with Crippen LogP contribution in [-0.4, -0.2) is 47.9 Å². The van der Waals surface area contributed by atoms with Crippen LogP contribution in [0.15, 0.2) is 42.6 Å². The number of anilines is 1. The van der Waals surface area contributed by atoms with Crippen LogP contribution in [0.1, 0.15) is 26.3 Å². The Bertz CT molecular complexity index is 783. The molecule has 2 aliphatic rings. The van der Waals surface area contributed by atoms with Crippen molar-refractivity contribution in [3.8, 4) is 0 Å². The number of amides is 2. The molecule has 0 radical (unpaired) electrons. The Labute approximate surface area is 140 Å². The first-order chi connectivity index (χ1) is 11.7. The van der Waals surface area contributed by atoms with E-state index in [9.17, 15) is 9.59 Å². The first-order valence-corrected chi connectivity index (χ1v) is 8.09. The Morgan fingerprint density at radius 1 is 1.04 bits per heavy atom. The summed E-state index contributed by atoms with van der Waals surface area (Å²) in [5, 5.41) is 2.84. The lowest BCUT2D eigenvalue weighted by molar-refractivity contribution is 0.0745. The summed E-state index contributed by atoms with van der Waals surface area (Å²) < 4.78 is 0. The molecule has 1 saturated heterocycles. The molecule has 2 amide bonds. The number of hydrogen-bond donors (Lipinski definition) is 1. The van der Waals surface area contributed by atoms with Crippen molar-refractivity contribution in [2.75, 3.05) is 31.1 Å². The van der Waals surface area contributed by atoms with Crippen molar-refractivity contribution in [2.24, 2.45) is 0 Å². The van der Waals surface area contributed by atoms with Crippen molar-refractivity contribution in [2.45, 2.75) is 6.54 Å². The lowest BCUT2D eigenvalue weighted by atomic mass is 10.1. The van der Waals surface area contributed by atoms with Crippen LogP contribution in [0.25, 0.3) is 0 Å². The summed E-state index contributed by atoms with van der Waals surface area (Å²) >= 11 is 0. The van der Waals surface area contributed by atoms with E-state index < -0.39 is 0 Å². The lowest BCUT2D eigenvalue weighted by Crippen LogP contribution is -2.49. The van der Waals surface area contributed by atoms with Crippen LogP contribution >= 0.6 is 0 Å². The molecular weight excluding hydrogens is 304 g/mol. The van der Waals surface area contributed by atoms with Crippen molar-refractivity contribution in [3.05, 3.63) is 59.3 Å². The molecule has 1 N–H and O–H groups in total. The second-order valence-electron chi connectivity index (χ2n) is 6.00. The number of pyridine rings is 1. The number of benzene rings is 1. The average Bonchev–Trinajstić information content (AvgIpc) is 3.03. The summed E-state index contributed by atoms with van der Waals surface area (Å²) in [5.41, 5.74) is 2.39. The second kappa shape index (κ2) is 5.96. The smallest absolute Gasteiger partial charge is 0.255 e. The number of hydrogen-bond acceptors (Lipinski definition) is 4. The number of carbonyl (C=O) groups is 2.